The lowest BCUT2D eigenvalue weighted by atomic mass is 10.1. The zero-order valence-electron chi connectivity index (χ0n) is 11.0. The first-order valence-corrected chi connectivity index (χ1v) is 6.03. The molecule has 1 aromatic carbocycles. The Morgan fingerprint density at radius 3 is 2.44 bits per heavy atom. The van der Waals surface area contributed by atoms with Crippen LogP contribution in [-0.2, 0) is 0 Å². The van der Waals surface area contributed by atoms with Crippen molar-refractivity contribution in [3.8, 4) is 0 Å². The minimum atomic E-state index is -0.526. The van der Waals surface area contributed by atoms with Crippen LogP contribution in [0.15, 0.2) is 42.6 Å². The van der Waals surface area contributed by atoms with Crippen molar-refractivity contribution in [3.05, 3.63) is 53.7 Å². The SMILES string of the molecule is Cc1ccc(N(C)c2ncccc2[C@@H](C)O)cc1. The van der Waals surface area contributed by atoms with E-state index in [1.54, 1.807) is 13.1 Å². The summed E-state index contributed by atoms with van der Waals surface area (Å²) in [6, 6.07) is 12.0. The Kier molecular flexibility index (Phi) is 3.63. The molecule has 0 radical (unpaired) electrons. The molecule has 0 bridgehead atoms. The van der Waals surface area contributed by atoms with Crippen LogP contribution in [0.4, 0.5) is 11.5 Å². The topological polar surface area (TPSA) is 36.4 Å². The van der Waals surface area contributed by atoms with Gasteiger partial charge in [-0.3, -0.25) is 0 Å². The third-order valence-corrected chi connectivity index (χ3v) is 3.01. The Morgan fingerprint density at radius 2 is 1.83 bits per heavy atom. The van der Waals surface area contributed by atoms with Crippen LogP contribution in [0.3, 0.4) is 0 Å². The highest BCUT2D eigenvalue weighted by atomic mass is 16.3. The maximum atomic E-state index is 9.78. The molecule has 0 spiro atoms. The lowest BCUT2D eigenvalue weighted by Gasteiger charge is -2.22. The van der Waals surface area contributed by atoms with E-state index in [0.29, 0.717) is 0 Å². The minimum Gasteiger partial charge on any atom is -0.389 e. The van der Waals surface area contributed by atoms with Crippen molar-refractivity contribution in [1.29, 1.82) is 0 Å². The Morgan fingerprint density at radius 1 is 1.17 bits per heavy atom. The fourth-order valence-corrected chi connectivity index (χ4v) is 1.91. The quantitative estimate of drug-likeness (QED) is 0.897. The molecule has 0 saturated heterocycles. The molecule has 2 rings (SSSR count). The van der Waals surface area contributed by atoms with Gasteiger partial charge in [0.05, 0.1) is 6.10 Å². The van der Waals surface area contributed by atoms with Crippen LogP contribution >= 0.6 is 0 Å². The highest BCUT2D eigenvalue weighted by molar-refractivity contribution is 5.62. The van der Waals surface area contributed by atoms with Crippen LogP contribution in [0.2, 0.25) is 0 Å². The van der Waals surface area contributed by atoms with E-state index >= 15 is 0 Å². The number of aliphatic hydroxyl groups excluding tert-OH is 1. The van der Waals surface area contributed by atoms with Gasteiger partial charge in [0.25, 0.3) is 0 Å². The van der Waals surface area contributed by atoms with Crippen LogP contribution in [0, 0.1) is 6.92 Å². The standard InChI is InChI=1S/C15H18N2O/c1-11-6-8-13(9-7-11)17(3)15-14(12(2)18)5-4-10-16-15/h4-10,12,18H,1-3H3/t12-/m1/s1. The number of rotatable bonds is 3. The molecule has 3 heteroatoms. The summed E-state index contributed by atoms with van der Waals surface area (Å²) < 4.78 is 0. The Hall–Kier alpha value is -1.87. The molecule has 0 aliphatic carbocycles. The van der Waals surface area contributed by atoms with Crippen LogP contribution in [-0.4, -0.2) is 17.1 Å². The van der Waals surface area contributed by atoms with Crippen LogP contribution in [0.1, 0.15) is 24.2 Å². The van der Waals surface area contributed by atoms with E-state index in [9.17, 15) is 5.11 Å². The number of hydrogen-bond donors (Lipinski definition) is 1. The number of anilines is 2. The van der Waals surface area contributed by atoms with Gasteiger partial charge in [-0.05, 0) is 32.0 Å². The number of aliphatic hydroxyl groups is 1. The second kappa shape index (κ2) is 5.19. The van der Waals surface area contributed by atoms with E-state index in [4.69, 9.17) is 0 Å². The Bertz CT molecular complexity index is 520. The number of nitrogens with zero attached hydrogens (tertiary/aromatic N) is 2. The average Bonchev–Trinajstić information content (AvgIpc) is 2.39. The molecule has 1 aromatic heterocycles. The molecule has 0 unspecified atom stereocenters. The Labute approximate surface area is 108 Å². The summed E-state index contributed by atoms with van der Waals surface area (Å²) >= 11 is 0. The summed E-state index contributed by atoms with van der Waals surface area (Å²) in [5.74, 6) is 0.788. The number of aromatic nitrogens is 1. The van der Waals surface area contributed by atoms with Gasteiger partial charge in [0.15, 0.2) is 0 Å². The van der Waals surface area contributed by atoms with Crippen molar-refractivity contribution in [2.75, 3.05) is 11.9 Å². The monoisotopic (exact) mass is 242 g/mol. The molecule has 0 aliphatic rings. The Balaban J connectivity index is 2.39. The molecule has 0 saturated carbocycles. The largest absolute Gasteiger partial charge is 0.389 e. The predicted molar refractivity (Wildman–Crippen MR) is 74.1 cm³/mol. The van der Waals surface area contributed by atoms with Gasteiger partial charge in [-0.1, -0.05) is 23.8 Å². The molecule has 94 valence electrons. The zero-order valence-corrected chi connectivity index (χ0v) is 11.0. The van der Waals surface area contributed by atoms with Crippen molar-refractivity contribution in [3.63, 3.8) is 0 Å². The smallest absolute Gasteiger partial charge is 0.138 e. The molecule has 2 aromatic rings. The van der Waals surface area contributed by atoms with Crippen molar-refractivity contribution >= 4 is 11.5 Å². The fourth-order valence-electron chi connectivity index (χ4n) is 1.91. The second-order valence-electron chi connectivity index (χ2n) is 4.49. The number of hydrogen-bond acceptors (Lipinski definition) is 3. The van der Waals surface area contributed by atoms with Crippen molar-refractivity contribution in [2.45, 2.75) is 20.0 Å². The van der Waals surface area contributed by atoms with E-state index < -0.39 is 6.10 Å². The van der Waals surface area contributed by atoms with Crippen molar-refractivity contribution in [2.24, 2.45) is 0 Å². The predicted octanol–water partition coefficient (Wildman–Crippen LogP) is 3.21. The van der Waals surface area contributed by atoms with Crippen molar-refractivity contribution < 1.29 is 5.11 Å². The van der Waals surface area contributed by atoms with Crippen molar-refractivity contribution in [1.82, 2.24) is 4.98 Å². The first-order chi connectivity index (χ1) is 8.59. The zero-order chi connectivity index (χ0) is 13.1. The summed E-state index contributed by atoms with van der Waals surface area (Å²) in [4.78, 5) is 6.35. The van der Waals surface area contributed by atoms with Gasteiger partial charge in [0.2, 0.25) is 0 Å². The lowest BCUT2D eigenvalue weighted by molar-refractivity contribution is 0.199. The number of benzene rings is 1. The lowest BCUT2D eigenvalue weighted by Crippen LogP contribution is -2.14. The summed E-state index contributed by atoms with van der Waals surface area (Å²) in [7, 11) is 1.96. The van der Waals surface area contributed by atoms with Gasteiger partial charge in [-0.15, -0.1) is 0 Å². The maximum absolute atomic E-state index is 9.78. The number of aryl methyl sites for hydroxylation is 1. The fraction of sp³-hybridized carbons (Fsp3) is 0.267. The first kappa shape index (κ1) is 12.6. The second-order valence-corrected chi connectivity index (χ2v) is 4.49. The van der Waals surface area contributed by atoms with Gasteiger partial charge in [0, 0.05) is 24.5 Å². The van der Waals surface area contributed by atoms with E-state index in [1.165, 1.54) is 5.56 Å². The third-order valence-electron chi connectivity index (χ3n) is 3.01. The molecule has 18 heavy (non-hydrogen) atoms. The van der Waals surface area contributed by atoms with Gasteiger partial charge >= 0.3 is 0 Å². The summed E-state index contributed by atoms with van der Waals surface area (Å²) in [6.45, 7) is 3.81. The van der Waals surface area contributed by atoms with Gasteiger partial charge in [0.1, 0.15) is 5.82 Å². The highest BCUT2D eigenvalue weighted by Crippen LogP contribution is 2.28. The summed E-state index contributed by atoms with van der Waals surface area (Å²) in [5.41, 5.74) is 3.12. The molecular weight excluding hydrogens is 224 g/mol. The van der Waals surface area contributed by atoms with Gasteiger partial charge in [-0.25, -0.2) is 4.98 Å². The van der Waals surface area contributed by atoms with Crippen LogP contribution in [0.25, 0.3) is 0 Å². The molecule has 1 heterocycles. The number of pyridine rings is 1. The summed E-state index contributed by atoms with van der Waals surface area (Å²) in [5, 5.41) is 9.78. The maximum Gasteiger partial charge on any atom is 0.138 e. The summed E-state index contributed by atoms with van der Waals surface area (Å²) in [6.07, 6.45) is 1.22. The third kappa shape index (κ3) is 2.51. The molecule has 0 aliphatic heterocycles. The van der Waals surface area contributed by atoms with Gasteiger partial charge < -0.3 is 10.0 Å². The average molecular weight is 242 g/mol. The molecule has 1 atom stereocenters. The highest BCUT2D eigenvalue weighted by Gasteiger charge is 2.13. The van der Waals surface area contributed by atoms with Crippen LogP contribution < -0.4 is 4.90 Å². The minimum absolute atomic E-state index is 0.526. The van der Waals surface area contributed by atoms with Crippen LogP contribution in [0.5, 0.6) is 0 Å². The van der Waals surface area contributed by atoms with E-state index in [-0.39, 0.29) is 0 Å². The van der Waals surface area contributed by atoms with Gasteiger partial charge in [-0.2, -0.15) is 0 Å². The molecule has 1 N–H and O–H groups in total. The molecular formula is C15H18N2O. The molecule has 0 fully saturated rings. The van der Waals surface area contributed by atoms with E-state index in [0.717, 1.165) is 17.1 Å². The molecule has 0 amide bonds. The molecule has 3 nitrogen and oxygen atoms in total. The first-order valence-electron chi connectivity index (χ1n) is 6.03. The van der Waals surface area contributed by atoms with E-state index in [1.807, 2.05) is 24.1 Å². The normalized spacial score (nSPS) is 12.2. The van der Waals surface area contributed by atoms with E-state index in [2.05, 4.69) is 36.2 Å².